The van der Waals surface area contributed by atoms with Crippen molar-refractivity contribution in [2.24, 2.45) is 10.9 Å². The van der Waals surface area contributed by atoms with Crippen LogP contribution in [0.5, 0.6) is 0 Å². The van der Waals surface area contributed by atoms with E-state index in [4.69, 9.17) is 10.9 Å². The van der Waals surface area contributed by atoms with E-state index in [1.54, 1.807) is 6.07 Å². The maximum Gasteiger partial charge on any atom is 0.253 e. The van der Waals surface area contributed by atoms with Gasteiger partial charge in [-0.15, -0.1) is 0 Å². The average molecular weight is 452 g/mol. The Labute approximate surface area is 139 Å². The average Bonchev–Trinajstić information content (AvgIpc) is 2.90. The van der Waals surface area contributed by atoms with Crippen molar-refractivity contribution in [1.82, 2.24) is 5.32 Å². The Morgan fingerprint density at radius 3 is 2.70 bits per heavy atom. The van der Waals surface area contributed by atoms with Gasteiger partial charge in [0.1, 0.15) is 5.54 Å². The van der Waals surface area contributed by atoms with E-state index in [-0.39, 0.29) is 11.7 Å². The molecule has 7 heteroatoms. The lowest BCUT2D eigenvalue weighted by atomic mass is 9.95. The highest BCUT2D eigenvalue weighted by molar-refractivity contribution is 14.1. The Bertz CT molecular complexity index is 557. The van der Waals surface area contributed by atoms with Crippen LogP contribution in [-0.2, 0) is 0 Å². The van der Waals surface area contributed by atoms with Crippen molar-refractivity contribution < 1.29 is 10.0 Å². The molecule has 0 atom stereocenters. The highest BCUT2D eigenvalue weighted by Gasteiger charge is 2.40. The first kappa shape index (κ1) is 15.6. The molecule has 1 aliphatic rings. The highest BCUT2D eigenvalue weighted by atomic mass is 127. The van der Waals surface area contributed by atoms with Crippen molar-refractivity contribution in [3.05, 3.63) is 31.8 Å². The Morgan fingerprint density at radius 1 is 1.45 bits per heavy atom. The fraction of sp³-hybridized carbons (Fsp3) is 0.385. The van der Waals surface area contributed by atoms with E-state index in [2.05, 4.69) is 49.0 Å². The van der Waals surface area contributed by atoms with E-state index in [0.717, 1.165) is 20.9 Å². The Hall–Kier alpha value is -0.830. The third kappa shape index (κ3) is 3.08. The largest absolute Gasteiger partial charge is 0.409 e. The number of hydrogen-bond acceptors (Lipinski definition) is 3. The quantitative estimate of drug-likeness (QED) is 0.217. The van der Waals surface area contributed by atoms with Crippen molar-refractivity contribution in [2.45, 2.75) is 31.2 Å². The van der Waals surface area contributed by atoms with Crippen LogP contribution in [0.4, 0.5) is 0 Å². The zero-order valence-corrected chi connectivity index (χ0v) is 14.4. The second-order valence-corrected chi connectivity index (χ2v) is 6.93. The number of carbonyl (C=O) groups is 1. The summed E-state index contributed by atoms with van der Waals surface area (Å²) in [6, 6.07) is 5.52. The standard InChI is InChI=1S/C13H15BrIN3O2/c14-8-3-4-10(15)9(7-8)11(19)17-13(12(16)18-20)5-1-2-6-13/h3-4,7,20H,1-2,5-6H2,(H2,16,18)(H,17,19). The van der Waals surface area contributed by atoms with Crippen molar-refractivity contribution in [3.8, 4) is 0 Å². The van der Waals surface area contributed by atoms with Crippen molar-refractivity contribution in [3.63, 3.8) is 0 Å². The van der Waals surface area contributed by atoms with E-state index < -0.39 is 5.54 Å². The van der Waals surface area contributed by atoms with E-state index in [1.165, 1.54) is 0 Å². The number of halogens is 2. The molecule has 1 fully saturated rings. The molecule has 0 aromatic heterocycles. The summed E-state index contributed by atoms with van der Waals surface area (Å²) in [5.74, 6) is -0.127. The number of oxime groups is 1. The van der Waals surface area contributed by atoms with Crippen LogP contribution in [0.3, 0.4) is 0 Å². The number of amides is 1. The summed E-state index contributed by atoms with van der Waals surface area (Å²) in [6.07, 6.45) is 3.29. The van der Waals surface area contributed by atoms with E-state index in [0.29, 0.717) is 18.4 Å². The van der Waals surface area contributed by atoms with Crippen molar-refractivity contribution >= 4 is 50.3 Å². The number of hydrogen-bond donors (Lipinski definition) is 3. The summed E-state index contributed by atoms with van der Waals surface area (Å²) in [6.45, 7) is 0. The molecule has 2 rings (SSSR count). The van der Waals surface area contributed by atoms with Crippen molar-refractivity contribution in [1.29, 1.82) is 0 Å². The topological polar surface area (TPSA) is 87.7 Å². The maximum absolute atomic E-state index is 12.5. The number of nitrogens with one attached hydrogen (secondary N) is 1. The number of nitrogens with zero attached hydrogens (tertiary/aromatic N) is 1. The zero-order valence-electron chi connectivity index (χ0n) is 10.7. The molecule has 0 unspecified atom stereocenters. The maximum atomic E-state index is 12.5. The number of carbonyl (C=O) groups excluding carboxylic acids is 1. The van der Waals surface area contributed by atoms with Crippen LogP contribution in [-0.4, -0.2) is 22.5 Å². The molecule has 4 N–H and O–H groups in total. The molecular weight excluding hydrogens is 437 g/mol. The second kappa shape index (κ2) is 6.30. The van der Waals surface area contributed by atoms with Gasteiger partial charge in [0.2, 0.25) is 0 Å². The second-order valence-electron chi connectivity index (χ2n) is 4.85. The molecule has 0 saturated heterocycles. The van der Waals surface area contributed by atoms with Crippen LogP contribution in [0.2, 0.25) is 0 Å². The molecule has 1 aliphatic carbocycles. The van der Waals surface area contributed by atoms with Gasteiger partial charge in [-0.05, 0) is 53.6 Å². The minimum atomic E-state index is -0.725. The van der Waals surface area contributed by atoms with Crippen molar-refractivity contribution in [2.75, 3.05) is 0 Å². The first-order chi connectivity index (χ1) is 9.48. The summed E-state index contributed by atoms with van der Waals surface area (Å²) < 4.78 is 1.70. The van der Waals surface area contributed by atoms with Gasteiger partial charge in [0.05, 0.1) is 5.56 Å². The zero-order chi connectivity index (χ0) is 14.8. The fourth-order valence-corrected chi connectivity index (χ4v) is 3.42. The fourth-order valence-electron chi connectivity index (χ4n) is 2.48. The lowest BCUT2D eigenvalue weighted by Gasteiger charge is -2.29. The SMILES string of the molecule is N/C(=N/O)C1(NC(=O)c2cc(Br)ccc2I)CCCC1. The minimum absolute atomic E-state index is 0.0772. The molecule has 0 heterocycles. The molecule has 20 heavy (non-hydrogen) atoms. The van der Waals surface area contributed by atoms with Gasteiger partial charge in [0, 0.05) is 8.04 Å². The lowest BCUT2D eigenvalue weighted by molar-refractivity contribution is 0.0921. The third-order valence-electron chi connectivity index (χ3n) is 3.58. The van der Waals surface area contributed by atoms with Gasteiger partial charge in [-0.2, -0.15) is 0 Å². The number of benzene rings is 1. The Kier molecular flexibility index (Phi) is 4.90. The Morgan fingerprint density at radius 2 is 2.10 bits per heavy atom. The van der Waals surface area contributed by atoms with Gasteiger partial charge < -0.3 is 16.3 Å². The molecular formula is C13H15BrIN3O2. The molecule has 1 saturated carbocycles. The summed E-state index contributed by atoms with van der Waals surface area (Å²) in [5, 5.41) is 15.0. The lowest BCUT2D eigenvalue weighted by Crippen LogP contribution is -2.55. The van der Waals surface area contributed by atoms with Crippen LogP contribution >= 0.6 is 38.5 Å². The third-order valence-corrected chi connectivity index (χ3v) is 5.01. The van der Waals surface area contributed by atoms with Gasteiger partial charge in [-0.25, -0.2) is 0 Å². The monoisotopic (exact) mass is 451 g/mol. The number of amidine groups is 1. The van der Waals surface area contributed by atoms with Crippen LogP contribution < -0.4 is 11.1 Å². The molecule has 0 spiro atoms. The molecule has 5 nitrogen and oxygen atoms in total. The van der Waals surface area contributed by atoms with E-state index >= 15 is 0 Å². The molecule has 1 aromatic rings. The summed E-state index contributed by atoms with van der Waals surface area (Å²) in [7, 11) is 0. The molecule has 0 bridgehead atoms. The molecule has 108 valence electrons. The van der Waals surface area contributed by atoms with Crippen LogP contribution in [0.1, 0.15) is 36.0 Å². The molecule has 1 aromatic carbocycles. The molecule has 0 aliphatic heterocycles. The van der Waals surface area contributed by atoms with Gasteiger partial charge in [0.25, 0.3) is 5.91 Å². The van der Waals surface area contributed by atoms with Gasteiger partial charge in [0.15, 0.2) is 5.84 Å². The predicted octanol–water partition coefficient (Wildman–Crippen LogP) is 2.84. The van der Waals surface area contributed by atoms with Crippen LogP contribution in [0, 0.1) is 3.57 Å². The summed E-state index contributed by atoms with van der Waals surface area (Å²) in [4.78, 5) is 12.5. The van der Waals surface area contributed by atoms with Gasteiger partial charge >= 0.3 is 0 Å². The molecule has 1 amide bonds. The van der Waals surface area contributed by atoms with Gasteiger partial charge in [-0.1, -0.05) is 33.9 Å². The first-order valence-electron chi connectivity index (χ1n) is 6.24. The summed E-state index contributed by atoms with van der Waals surface area (Å²) in [5.41, 5.74) is 5.64. The van der Waals surface area contributed by atoms with Crippen LogP contribution in [0.15, 0.2) is 27.8 Å². The number of rotatable bonds is 3. The van der Waals surface area contributed by atoms with E-state index in [9.17, 15) is 4.79 Å². The minimum Gasteiger partial charge on any atom is -0.409 e. The van der Waals surface area contributed by atoms with Crippen LogP contribution in [0.25, 0.3) is 0 Å². The summed E-state index contributed by atoms with van der Waals surface area (Å²) >= 11 is 5.48. The molecule has 0 radical (unpaired) electrons. The Balaban J connectivity index is 2.27. The smallest absolute Gasteiger partial charge is 0.253 e. The highest BCUT2D eigenvalue weighted by Crippen LogP contribution is 2.30. The first-order valence-corrected chi connectivity index (χ1v) is 8.11. The predicted molar refractivity (Wildman–Crippen MR) is 88.9 cm³/mol. The van der Waals surface area contributed by atoms with E-state index in [1.807, 2.05) is 12.1 Å². The number of nitrogens with two attached hydrogens (primary N) is 1. The normalized spacial score (nSPS) is 18.0. The van der Waals surface area contributed by atoms with Gasteiger partial charge in [-0.3, -0.25) is 4.79 Å².